The number of nitrogens with zero attached hydrogens (tertiary/aromatic N) is 1. The van der Waals surface area contributed by atoms with Crippen molar-refractivity contribution in [2.45, 2.75) is 6.04 Å². The smallest absolute Gasteiger partial charge is 0.311 e. The summed E-state index contributed by atoms with van der Waals surface area (Å²) in [5.74, 6) is -1.89. The zero-order chi connectivity index (χ0) is 12.4. The third kappa shape index (κ3) is 2.31. The highest BCUT2D eigenvalue weighted by molar-refractivity contribution is 5.93. The molecule has 2 atom stereocenters. The minimum absolute atomic E-state index is 0.146. The number of aryl methyl sites for hydroxylation is 1. The van der Waals surface area contributed by atoms with E-state index in [1.54, 1.807) is 29.9 Å². The summed E-state index contributed by atoms with van der Waals surface area (Å²) >= 11 is 0. The van der Waals surface area contributed by atoms with Gasteiger partial charge in [0, 0.05) is 13.2 Å². The number of aliphatic carboxylic acids is 1. The predicted molar refractivity (Wildman–Crippen MR) is 58.6 cm³/mol. The zero-order valence-electron chi connectivity index (χ0n) is 9.42. The number of hydrogen-bond donors (Lipinski definition) is 2. The van der Waals surface area contributed by atoms with E-state index in [1.165, 1.54) is 0 Å². The van der Waals surface area contributed by atoms with Crippen molar-refractivity contribution in [1.29, 1.82) is 0 Å². The molecule has 0 aromatic carbocycles. The van der Waals surface area contributed by atoms with Crippen molar-refractivity contribution in [2.75, 3.05) is 13.2 Å². The topological polar surface area (TPSA) is 80.6 Å². The van der Waals surface area contributed by atoms with Crippen LogP contribution in [0.3, 0.4) is 0 Å². The van der Waals surface area contributed by atoms with Crippen molar-refractivity contribution >= 4 is 11.9 Å². The Morgan fingerprint density at radius 2 is 2.29 bits per heavy atom. The lowest BCUT2D eigenvalue weighted by molar-refractivity contribution is -0.142. The lowest BCUT2D eigenvalue weighted by atomic mass is 10.0. The molecule has 1 saturated heterocycles. The van der Waals surface area contributed by atoms with Crippen LogP contribution in [0.1, 0.15) is 10.5 Å². The van der Waals surface area contributed by atoms with Crippen molar-refractivity contribution in [3.05, 3.63) is 24.0 Å². The van der Waals surface area contributed by atoms with Crippen LogP contribution in [0.15, 0.2) is 18.3 Å². The van der Waals surface area contributed by atoms with Crippen molar-refractivity contribution < 1.29 is 19.4 Å². The molecule has 6 nitrogen and oxygen atoms in total. The molecule has 0 radical (unpaired) electrons. The highest BCUT2D eigenvalue weighted by Gasteiger charge is 2.35. The highest BCUT2D eigenvalue weighted by Crippen LogP contribution is 2.14. The number of carbonyl (C=O) groups excluding carboxylic acids is 1. The standard InChI is InChI=1S/C11H14N2O4/c1-13-4-2-3-9(13)10(14)12-8-6-17-5-7(8)11(15)16/h2-4,7-8H,5-6H2,1H3,(H,12,14)(H,15,16). The molecule has 1 aliphatic rings. The van der Waals surface area contributed by atoms with E-state index in [0.29, 0.717) is 5.69 Å². The van der Waals surface area contributed by atoms with E-state index < -0.39 is 17.9 Å². The van der Waals surface area contributed by atoms with Crippen LogP contribution < -0.4 is 5.32 Å². The Hall–Kier alpha value is -1.82. The van der Waals surface area contributed by atoms with Gasteiger partial charge in [-0.3, -0.25) is 9.59 Å². The molecule has 2 N–H and O–H groups in total. The second-order valence-electron chi connectivity index (χ2n) is 4.07. The van der Waals surface area contributed by atoms with Crippen LogP contribution in [0.4, 0.5) is 0 Å². The van der Waals surface area contributed by atoms with E-state index >= 15 is 0 Å². The molecule has 0 bridgehead atoms. The quantitative estimate of drug-likeness (QED) is 0.767. The fourth-order valence-electron chi connectivity index (χ4n) is 1.88. The largest absolute Gasteiger partial charge is 0.481 e. The average Bonchev–Trinajstić information content (AvgIpc) is 2.86. The van der Waals surface area contributed by atoms with Gasteiger partial charge in [-0.1, -0.05) is 0 Å². The minimum Gasteiger partial charge on any atom is -0.481 e. The second kappa shape index (κ2) is 4.58. The van der Waals surface area contributed by atoms with Crippen LogP contribution in [-0.4, -0.2) is 40.8 Å². The molecule has 0 saturated carbocycles. The molecule has 6 heteroatoms. The summed E-state index contributed by atoms with van der Waals surface area (Å²) in [6, 6.07) is 2.98. The minimum atomic E-state index is -0.945. The molecular formula is C11H14N2O4. The Morgan fingerprint density at radius 3 is 2.88 bits per heavy atom. The Balaban J connectivity index is 2.04. The van der Waals surface area contributed by atoms with E-state index in [9.17, 15) is 9.59 Å². The number of carbonyl (C=O) groups is 2. The van der Waals surface area contributed by atoms with Crippen LogP contribution in [0.5, 0.6) is 0 Å². The molecular weight excluding hydrogens is 224 g/mol. The van der Waals surface area contributed by atoms with E-state index in [2.05, 4.69) is 5.32 Å². The number of carboxylic acid groups (broad SMARTS) is 1. The van der Waals surface area contributed by atoms with Crippen LogP contribution in [0.2, 0.25) is 0 Å². The number of aromatic nitrogens is 1. The van der Waals surface area contributed by atoms with Gasteiger partial charge in [-0.25, -0.2) is 0 Å². The molecule has 1 fully saturated rings. The fraction of sp³-hybridized carbons (Fsp3) is 0.455. The van der Waals surface area contributed by atoms with Crippen LogP contribution >= 0.6 is 0 Å². The van der Waals surface area contributed by atoms with Gasteiger partial charge in [-0.15, -0.1) is 0 Å². The summed E-state index contributed by atoms with van der Waals surface area (Å²) in [7, 11) is 1.76. The number of rotatable bonds is 3. The first kappa shape index (κ1) is 11.7. The fourth-order valence-corrected chi connectivity index (χ4v) is 1.88. The van der Waals surface area contributed by atoms with Crippen molar-refractivity contribution in [3.8, 4) is 0 Å². The first-order valence-electron chi connectivity index (χ1n) is 5.32. The third-order valence-electron chi connectivity index (χ3n) is 2.89. The number of nitrogens with one attached hydrogen (secondary N) is 1. The van der Waals surface area contributed by atoms with E-state index in [0.717, 1.165) is 0 Å². The molecule has 2 heterocycles. The Morgan fingerprint density at radius 1 is 1.53 bits per heavy atom. The van der Waals surface area contributed by atoms with Gasteiger partial charge in [-0.2, -0.15) is 0 Å². The Labute approximate surface area is 98.2 Å². The monoisotopic (exact) mass is 238 g/mol. The SMILES string of the molecule is Cn1cccc1C(=O)NC1COCC1C(=O)O. The van der Waals surface area contributed by atoms with Gasteiger partial charge in [0.1, 0.15) is 11.6 Å². The van der Waals surface area contributed by atoms with Gasteiger partial charge in [0.2, 0.25) is 0 Å². The highest BCUT2D eigenvalue weighted by atomic mass is 16.5. The molecule has 1 aromatic heterocycles. The Bertz CT molecular complexity index is 440. The predicted octanol–water partition coefficient (Wildman–Crippen LogP) is -0.146. The van der Waals surface area contributed by atoms with Gasteiger partial charge in [0.25, 0.3) is 5.91 Å². The molecule has 2 unspecified atom stereocenters. The summed E-state index contributed by atoms with van der Waals surface area (Å²) in [4.78, 5) is 22.8. The molecule has 17 heavy (non-hydrogen) atoms. The summed E-state index contributed by atoms with van der Waals surface area (Å²) in [6.07, 6.45) is 1.76. The second-order valence-corrected chi connectivity index (χ2v) is 4.07. The summed E-state index contributed by atoms with van der Waals surface area (Å²) in [6.45, 7) is 0.389. The summed E-state index contributed by atoms with van der Waals surface area (Å²) in [5.41, 5.74) is 0.501. The maximum Gasteiger partial charge on any atom is 0.311 e. The van der Waals surface area contributed by atoms with Gasteiger partial charge >= 0.3 is 5.97 Å². The number of hydrogen-bond acceptors (Lipinski definition) is 3. The molecule has 0 spiro atoms. The normalized spacial score (nSPS) is 23.6. The summed E-state index contributed by atoms with van der Waals surface area (Å²) in [5, 5.41) is 11.6. The van der Waals surface area contributed by atoms with Gasteiger partial charge < -0.3 is 19.7 Å². The molecule has 2 rings (SSSR count). The van der Waals surface area contributed by atoms with Gasteiger partial charge in [0.05, 0.1) is 19.3 Å². The van der Waals surface area contributed by atoms with E-state index in [-0.39, 0.29) is 19.1 Å². The third-order valence-corrected chi connectivity index (χ3v) is 2.89. The molecule has 0 aliphatic carbocycles. The maximum absolute atomic E-state index is 11.9. The molecule has 1 amide bonds. The molecule has 1 aromatic rings. The van der Waals surface area contributed by atoms with Crippen LogP contribution in [-0.2, 0) is 16.6 Å². The van der Waals surface area contributed by atoms with Crippen molar-refractivity contribution in [2.24, 2.45) is 13.0 Å². The van der Waals surface area contributed by atoms with Crippen LogP contribution in [0, 0.1) is 5.92 Å². The van der Waals surface area contributed by atoms with Crippen LogP contribution in [0.25, 0.3) is 0 Å². The lowest BCUT2D eigenvalue weighted by Crippen LogP contribution is -2.43. The van der Waals surface area contributed by atoms with Gasteiger partial charge in [0.15, 0.2) is 0 Å². The number of ether oxygens (including phenoxy) is 1. The maximum atomic E-state index is 11.9. The first-order chi connectivity index (χ1) is 8.09. The van der Waals surface area contributed by atoms with Crippen molar-refractivity contribution in [1.82, 2.24) is 9.88 Å². The number of carboxylic acids is 1. The van der Waals surface area contributed by atoms with Crippen molar-refractivity contribution in [3.63, 3.8) is 0 Å². The average molecular weight is 238 g/mol. The van der Waals surface area contributed by atoms with E-state index in [4.69, 9.17) is 9.84 Å². The Kier molecular flexibility index (Phi) is 3.14. The number of amides is 1. The first-order valence-corrected chi connectivity index (χ1v) is 5.32. The zero-order valence-corrected chi connectivity index (χ0v) is 9.42. The van der Waals surface area contributed by atoms with Gasteiger partial charge in [-0.05, 0) is 12.1 Å². The summed E-state index contributed by atoms with van der Waals surface area (Å²) < 4.78 is 6.76. The molecule has 1 aliphatic heterocycles. The molecule has 92 valence electrons. The van der Waals surface area contributed by atoms with E-state index in [1.807, 2.05) is 0 Å². The lowest BCUT2D eigenvalue weighted by Gasteiger charge is -2.15.